The minimum atomic E-state index is -0.961. The third-order valence-electron chi connectivity index (χ3n) is 2.53. The molecule has 0 amide bonds. The van der Waals surface area contributed by atoms with Crippen molar-refractivity contribution in [2.45, 2.75) is 19.5 Å². The summed E-state index contributed by atoms with van der Waals surface area (Å²) in [4.78, 5) is 12.5. The molecule has 0 aliphatic heterocycles. The van der Waals surface area contributed by atoms with Crippen LogP contribution in [-0.4, -0.2) is 35.6 Å². The number of carbonyl (C=O) groups is 1. The second-order valence-electron chi connectivity index (χ2n) is 4.07. The second kappa shape index (κ2) is 5.63. The average Bonchev–Trinajstić information content (AvgIpc) is 2.21. The molecule has 88 valence electrons. The minimum Gasteiger partial charge on any atom is -0.480 e. The number of carboxylic acid groups (broad SMARTS) is 1. The van der Waals surface area contributed by atoms with Crippen molar-refractivity contribution in [2.24, 2.45) is 5.73 Å². The van der Waals surface area contributed by atoms with E-state index in [2.05, 4.69) is 0 Å². The second-order valence-corrected chi connectivity index (χ2v) is 4.07. The van der Waals surface area contributed by atoms with E-state index < -0.39 is 12.0 Å². The Morgan fingerprint density at radius 3 is 2.69 bits per heavy atom. The highest BCUT2D eigenvalue weighted by Gasteiger charge is 2.14. The quantitative estimate of drug-likeness (QED) is 0.774. The van der Waals surface area contributed by atoms with Gasteiger partial charge in [0.2, 0.25) is 0 Å². The Bertz CT molecular complexity index is 366. The van der Waals surface area contributed by atoms with Gasteiger partial charge in [-0.1, -0.05) is 24.3 Å². The molecule has 1 rings (SSSR count). The number of rotatable bonds is 5. The molecule has 0 fully saturated rings. The molecule has 0 aliphatic rings. The summed E-state index contributed by atoms with van der Waals surface area (Å²) in [5.41, 5.74) is 7.87. The number of aliphatic carboxylic acids is 1. The SMILES string of the molecule is Cc1ccccc1CN(C)CC(N)C(=O)O. The lowest BCUT2D eigenvalue weighted by Crippen LogP contribution is -2.40. The van der Waals surface area contributed by atoms with Gasteiger partial charge in [0.1, 0.15) is 6.04 Å². The van der Waals surface area contributed by atoms with Gasteiger partial charge in [-0.25, -0.2) is 0 Å². The fraction of sp³-hybridized carbons (Fsp3) is 0.417. The zero-order chi connectivity index (χ0) is 12.1. The van der Waals surface area contributed by atoms with Crippen LogP contribution < -0.4 is 5.73 Å². The molecular formula is C12H18N2O2. The van der Waals surface area contributed by atoms with Gasteiger partial charge in [0.05, 0.1) is 0 Å². The van der Waals surface area contributed by atoms with Crippen molar-refractivity contribution in [3.63, 3.8) is 0 Å². The molecule has 1 atom stereocenters. The van der Waals surface area contributed by atoms with Crippen LogP contribution in [-0.2, 0) is 11.3 Å². The Hall–Kier alpha value is -1.39. The molecule has 0 bridgehead atoms. The van der Waals surface area contributed by atoms with Crippen molar-refractivity contribution in [1.29, 1.82) is 0 Å². The Kier molecular flexibility index (Phi) is 4.46. The van der Waals surface area contributed by atoms with Gasteiger partial charge < -0.3 is 10.8 Å². The summed E-state index contributed by atoms with van der Waals surface area (Å²) in [6.45, 7) is 3.11. The van der Waals surface area contributed by atoms with Crippen molar-refractivity contribution >= 4 is 5.97 Å². The maximum absolute atomic E-state index is 10.6. The fourth-order valence-electron chi connectivity index (χ4n) is 1.56. The van der Waals surface area contributed by atoms with Crippen molar-refractivity contribution in [3.8, 4) is 0 Å². The van der Waals surface area contributed by atoms with Gasteiger partial charge >= 0.3 is 5.97 Å². The van der Waals surface area contributed by atoms with E-state index in [4.69, 9.17) is 10.8 Å². The molecule has 16 heavy (non-hydrogen) atoms. The molecule has 0 spiro atoms. The van der Waals surface area contributed by atoms with Gasteiger partial charge in [-0.3, -0.25) is 9.69 Å². The van der Waals surface area contributed by atoms with Crippen molar-refractivity contribution in [3.05, 3.63) is 35.4 Å². The van der Waals surface area contributed by atoms with Crippen LogP contribution in [0.4, 0.5) is 0 Å². The predicted octanol–water partition coefficient (Wildman–Crippen LogP) is 0.839. The van der Waals surface area contributed by atoms with Gasteiger partial charge in [0.25, 0.3) is 0 Å². The van der Waals surface area contributed by atoms with E-state index in [1.54, 1.807) is 0 Å². The first-order chi connectivity index (χ1) is 7.50. The van der Waals surface area contributed by atoms with Gasteiger partial charge in [-0.15, -0.1) is 0 Å². The van der Waals surface area contributed by atoms with E-state index >= 15 is 0 Å². The summed E-state index contributed by atoms with van der Waals surface area (Å²) in [5.74, 6) is -0.961. The van der Waals surface area contributed by atoms with E-state index in [0.717, 1.165) is 0 Å². The first-order valence-corrected chi connectivity index (χ1v) is 5.22. The predicted molar refractivity (Wildman–Crippen MR) is 63.1 cm³/mol. The number of hydrogen-bond acceptors (Lipinski definition) is 3. The molecule has 0 heterocycles. The third kappa shape index (κ3) is 3.64. The molecule has 4 nitrogen and oxygen atoms in total. The zero-order valence-electron chi connectivity index (χ0n) is 9.68. The molecule has 0 radical (unpaired) electrons. The van der Waals surface area contributed by atoms with E-state index in [1.807, 2.05) is 43.1 Å². The number of nitrogens with zero attached hydrogens (tertiary/aromatic N) is 1. The summed E-state index contributed by atoms with van der Waals surface area (Å²) in [7, 11) is 1.87. The molecule has 0 saturated heterocycles. The van der Waals surface area contributed by atoms with E-state index in [-0.39, 0.29) is 0 Å². The fourth-order valence-corrected chi connectivity index (χ4v) is 1.56. The zero-order valence-corrected chi connectivity index (χ0v) is 9.68. The Morgan fingerprint density at radius 1 is 1.50 bits per heavy atom. The van der Waals surface area contributed by atoms with Crippen molar-refractivity contribution < 1.29 is 9.90 Å². The number of benzene rings is 1. The Morgan fingerprint density at radius 2 is 2.12 bits per heavy atom. The average molecular weight is 222 g/mol. The standard InChI is InChI=1S/C12H18N2O2/c1-9-5-3-4-6-10(9)7-14(2)8-11(13)12(15)16/h3-6,11H,7-8,13H2,1-2H3,(H,15,16). The van der Waals surface area contributed by atoms with Gasteiger partial charge in [0.15, 0.2) is 0 Å². The molecule has 1 aromatic rings. The maximum Gasteiger partial charge on any atom is 0.321 e. The maximum atomic E-state index is 10.6. The van der Waals surface area contributed by atoms with Crippen LogP contribution in [0.25, 0.3) is 0 Å². The van der Waals surface area contributed by atoms with E-state index in [9.17, 15) is 4.79 Å². The minimum absolute atomic E-state index is 0.351. The lowest BCUT2D eigenvalue weighted by atomic mass is 10.1. The first kappa shape index (κ1) is 12.7. The van der Waals surface area contributed by atoms with Crippen LogP contribution in [0.1, 0.15) is 11.1 Å². The molecule has 1 aromatic carbocycles. The van der Waals surface area contributed by atoms with Gasteiger partial charge in [-0.2, -0.15) is 0 Å². The van der Waals surface area contributed by atoms with Gasteiger partial charge in [-0.05, 0) is 25.1 Å². The van der Waals surface area contributed by atoms with Crippen LogP contribution >= 0.6 is 0 Å². The number of likely N-dealkylation sites (N-methyl/N-ethyl adjacent to an activating group) is 1. The number of hydrogen-bond donors (Lipinski definition) is 2. The van der Waals surface area contributed by atoms with E-state index in [1.165, 1.54) is 11.1 Å². The molecule has 4 heteroatoms. The topological polar surface area (TPSA) is 66.6 Å². The first-order valence-electron chi connectivity index (χ1n) is 5.22. The highest BCUT2D eigenvalue weighted by Crippen LogP contribution is 2.09. The summed E-state index contributed by atoms with van der Waals surface area (Å²) in [6.07, 6.45) is 0. The molecule has 3 N–H and O–H groups in total. The lowest BCUT2D eigenvalue weighted by Gasteiger charge is -2.19. The Balaban J connectivity index is 2.55. The van der Waals surface area contributed by atoms with Crippen molar-refractivity contribution in [2.75, 3.05) is 13.6 Å². The molecule has 0 saturated carbocycles. The monoisotopic (exact) mass is 222 g/mol. The largest absolute Gasteiger partial charge is 0.480 e. The highest BCUT2D eigenvalue weighted by molar-refractivity contribution is 5.73. The summed E-state index contributed by atoms with van der Waals surface area (Å²) in [6, 6.07) is 7.22. The van der Waals surface area contributed by atoms with Crippen molar-refractivity contribution in [1.82, 2.24) is 4.90 Å². The summed E-state index contributed by atoms with van der Waals surface area (Å²) >= 11 is 0. The lowest BCUT2D eigenvalue weighted by molar-refractivity contribution is -0.138. The number of aryl methyl sites for hydroxylation is 1. The number of carboxylic acids is 1. The normalized spacial score (nSPS) is 12.8. The Labute approximate surface area is 95.7 Å². The smallest absolute Gasteiger partial charge is 0.321 e. The molecular weight excluding hydrogens is 204 g/mol. The van der Waals surface area contributed by atoms with Crippen LogP contribution in [0.3, 0.4) is 0 Å². The number of nitrogens with two attached hydrogens (primary N) is 1. The van der Waals surface area contributed by atoms with Crippen LogP contribution in [0, 0.1) is 6.92 Å². The molecule has 0 aromatic heterocycles. The van der Waals surface area contributed by atoms with Crippen LogP contribution in [0.5, 0.6) is 0 Å². The van der Waals surface area contributed by atoms with Gasteiger partial charge in [0, 0.05) is 13.1 Å². The van der Waals surface area contributed by atoms with Crippen LogP contribution in [0.15, 0.2) is 24.3 Å². The highest BCUT2D eigenvalue weighted by atomic mass is 16.4. The van der Waals surface area contributed by atoms with E-state index in [0.29, 0.717) is 13.1 Å². The van der Waals surface area contributed by atoms with Crippen LogP contribution in [0.2, 0.25) is 0 Å². The third-order valence-corrected chi connectivity index (χ3v) is 2.53. The molecule has 0 aliphatic carbocycles. The summed E-state index contributed by atoms with van der Waals surface area (Å²) < 4.78 is 0. The molecule has 1 unspecified atom stereocenters. The summed E-state index contributed by atoms with van der Waals surface area (Å²) in [5, 5.41) is 8.70.